The van der Waals surface area contributed by atoms with Gasteiger partial charge in [0.1, 0.15) is 5.75 Å². The van der Waals surface area contributed by atoms with Crippen LogP contribution in [0.2, 0.25) is 5.02 Å². The molecule has 0 fully saturated rings. The van der Waals surface area contributed by atoms with Crippen molar-refractivity contribution in [3.63, 3.8) is 0 Å². The third-order valence-corrected chi connectivity index (χ3v) is 3.60. The summed E-state index contributed by atoms with van der Waals surface area (Å²) < 4.78 is 5.25. The van der Waals surface area contributed by atoms with Gasteiger partial charge in [-0.15, -0.1) is 0 Å². The highest BCUT2D eigenvalue weighted by atomic mass is 35.5. The van der Waals surface area contributed by atoms with Gasteiger partial charge in [-0.3, -0.25) is 4.79 Å². The van der Waals surface area contributed by atoms with E-state index in [2.05, 4.69) is 10.6 Å². The van der Waals surface area contributed by atoms with Crippen LogP contribution >= 0.6 is 11.6 Å². The fourth-order valence-electron chi connectivity index (χ4n) is 2.06. The highest BCUT2D eigenvalue weighted by Crippen LogP contribution is 2.16. The minimum absolute atomic E-state index is 0.0713. The summed E-state index contributed by atoms with van der Waals surface area (Å²) in [7, 11) is 1.62. The van der Waals surface area contributed by atoms with Crippen molar-refractivity contribution in [1.29, 1.82) is 0 Å². The van der Waals surface area contributed by atoms with Crippen LogP contribution in [0.15, 0.2) is 48.5 Å². The SMILES string of the molecule is COc1ccccc1CNC(=O)CNCc1ccccc1Cl. The Morgan fingerprint density at radius 1 is 1.05 bits per heavy atom. The van der Waals surface area contributed by atoms with Crippen molar-refractivity contribution in [2.24, 2.45) is 0 Å². The van der Waals surface area contributed by atoms with Gasteiger partial charge in [-0.2, -0.15) is 0 Å². The second-order valence-corrected chi connectivity index (χ2v) is 5.19. The lowest BCUT2D eigenvalue weighted by molar-refractivity contribution is -0.120. The number of nitrogens with one attached hydrogen (secondary N) is 2. The highest BCUT2D eigenvalue weighted by molar-refractivity contribution is 6.31. The van der Waals surface area contributed by atoms with E-state index >= 15 is 0 Å². The zero-order valence-corrected chi connectivity index (χ0v) is 13.2. The summed E-state index contributed by atoms with van der Waals surface area (Å²) in [6.45, 7) is 1.23. The summed E-state index contributed by atoms with van der Waals surface area (Å²) in [5.41, 5.74) is 1.92. The maximum atomic E-state index is 11.8. The highest BCUT2D eigenvalue weighted by Gasteiger charge is 2.05. The zero-order chi connectivity index (χ0) is 15.8. The average Bonchev–Trinajstić information content (AvgIpc) is 2.55. The van der Waals surface area contributed by atoms with Gasteiger partial charge in [0.2, 0.25) is 5.91 Å². The number of carbonyl (C=O) groups is 1. The van der Waals surface area contributed by atoms with Crippen LogP contribution in [0, 0.1) is 0 Å². The lowest BCUT2D eigenvalue weighted by Crippen LogP contribution is -2.33. The fourth-order valence-corrected chi connectivity index (χ4v) is 2.26. The number of benzene rings is 2. The molecule has 0 aliphatic heterocycles. The fraction of sp³-hybridized carbons (Fsp3) is 0.235. The maximum Gasteiger partial charge on any atom is 0.234 e. The summed E-state index contributed by atoms with van der Waals surface area (Å²) in [5.74, 6) is 0.699. The quantitative estimate of drug-likeness (QED) is 0.825. The molecule has 2 N–H and O–H groups in total. The molecule has 2 rings (SSSR count). The molecule has 2 aromatic carbocycles. The van der Waals surface area contributed by atoms with Crippen LogP contribution in [0.5, 0.6) is 5.75 Å². The van der Waals surface area contributed by atoms with E-state index < -0.39 is 0 Å². The first-order valence-corrected chi connectivity index (χ1v) is 7.41. The number of amides is 1. The van der Waals surface area contributed by atoms with E-state index in [1.54, 1.807) is 7.11 Å². The van der Waals surface area contributed by atoms with Gasteiger partial charge < -0.3 is 15.4 Å². The number of methoxy groups -OCH3 is 1. The van der Waals surface area contributed by atoms with E-state index in [-0.39, 0.29) is 12.5 Å². The molecule has 0 saturated carbocycles. The van der Waals surface area contributed by atoms with Crippen LogP contribution in [0.4, 0.5) is 0 Å². The largest absolute Gasteiger partial charge is 0.496 e. The average molecular weight is 319 g/mol. The monoisotopic (exact) mass is 318 g/mol. The number of ether oxygens (including phenoxy) is 1. The standard InChI is InChI=1S/C17H19ClN2O2/c1-22-16-9-5-3-7-14(16)11-20-17(21)12-19-10-13-6-2-4-8-15(13)18/h2-9,19H,10-12H2,1H3,(H,20,21). The summed E-state index contributed by atoms with van der Waals surface area (Å²) >= 11 is 6.06. The van der Waals surface area contributed by atoms with Crippen LogP contribution in [-0.2, 0) is 17.9 Å². The number of carbonyl (C=O) groups excluding carboxylic acids is 1. The Morgan fingerprint density at radius 3 is 2.45 bits per heavy atom. The first-order chi connectivity index (χ1) is 10.7. The van der Waals surface area contributed by atoms with Crippen LogP contribution in [0.25, 0.3) is 0 Å². The molecule has 5 heteroatoms. The predicted octanol–water partition coefficient (Wildman–Crippen LogP) is 2.75. The molecule has 4 nitrogen and oxygen atoms in total. The maximum absolute atomic E-state index is 11.8. The van der Waals surface area contributed by atoms with Crippen molar-refractivity contribution in [3.05, 3.63) is 64.7 Å². The molecule has 0 aromatic heterocycles. The van der Waals surface area contributed by atoms with Crippen molar-refractivity contribution in [3.8, 4) is 5.75 Å². The molecule has 0 unspecified atom stereocenters. The lowest BCUT2D eigenvalue weighted by atomic mass is 10.2. The number of hydrogen-bond donors (Lipinski definition) is 2. The molecule has 0 aliphatic carbocycles. The number of halogens is 1. The predicted molar refractivity (Wildman–Crippen MR) is 88.0 cm³/mol. The van der Waals surface area contributed by atoms with Gasteiger partial charge >= 0.3 is 0 Å². The van der Waals surface area contributed by atoms with Gasteiger partial charge in [-0.05, 0) is 17.7 Å². The molecular weight excluding hydrogens is 300 g/mol. The Hall–Kier alpha value is -2.04. The van der Waals surface area contributed by atoms with Gasteiger partial charge in [-0.1, -0.05) is 48.0 Å². The Bertz CT molecular complexity index is 632. The van der Waals surface area contributed by atoms with Gasteiger partial charge in [0, 0.05) is 23.7 Å². The minimum atomic E-state index is -0.0713. The lowest BCUT2D eigenvalue weighted by Gasteiger charge is -2.10. The van der Waals surface area contributed by atoms with E-state index in [1.807, 2.05) is 48.5 Å². The van der Waals surface area contributed by atoms with Crippen molar-refractivity contribution < 1.29 is 9.53 Å². The van der Waals surface area contributed by atoms with E-state index in [9.17, 15) is 4.79 Å². The van der Waals surface area contributed by atoms with Crippen LogP contribution < -0.4 is 15.4 Å². The van der Waals surface area contributed by atoms with Crippen molar-refractivity contribution >= 4 is 17.5 Å². The number of para-hydroxylation sites is 1. The molecule has 0 saturated heterocycles. The normalized spacial score (nSPS) is 10.3. The van der Waals surface area contributed by atoms with Gasteiger partial charge in [0.15, 0.2) is 0 Å². The smallest absolute Gasteiger partial charge is 0.234 e. The minimum Gasteiger partial charge on any atom is -0.496 e. The molecule has 116 valence electrons. The molecule has 0 aliphatic rings. The Kier molecular flexibility index (Phi) is 6.25. The van der Waals surface area contributed by atoms with Gasteiger partial charge in [-0.25, -0.2) is 0 Å². The summed E-state index contributed by atoms with van der Waals surface area (Å²) in [6, 6.07) is 15.2. The van der Waals surface area contributed by atoms with Crippen LogP contribution in [0.1, 0.15) is 11.1 Å². The summed E-state index contributed by atoms with van der Waals surface area (Å²) in [4.78, 5) is 11.8. The first kappa shape index (κ1) is 16.3. The van der Waals surface area contributed by atoms with Crippen molar-refractivity contribution in [1.82, 2.24) is 10.6 Å². The van der Waals surface area contributed by atoms with Gasteiger partial charge in [0.25, 0.3) is 0 Å². The molecule has 2 aromatic rings. The number of rotatable bonds is 7. The van der Waals surface area contributed by atoms with E-state index in [0.29, 0.717) is 18.1 Å². The van der Waals surface area contributed by atoms with Gasteiger partial charge in [0.05, 0.1) is 13.7 Å². The van der Waals surface area contributed by atoms with E-state index in [1.165, 1.54) is 0 Å². The summed E-state index contributed by atoms with van der Waals surface area (Å²) in [5, 5.41) is 6.64. The Morgan fingerprint density at radius 2 is 1.73 bits per heavy atom. The Balaban J connectivity index is 1.75. The molecule has 0 heterocycles. The van der Waals surface area contributed by atoms with Crippen molar-refractivity contribution in [2.45, 2.75) is 13.1 Å². The molecule has 0 atom stereocenters. The molecule has 0 spiro atoms. The third kappa shape index (κ3) is 4.76. The first-order valence-electron chi connectivity index (χ1n) is 7.03. The molecular formula is C17H19ClN2O2. The number of hydrogen-bond acceptors (Lipinski definition) is 3. The second kappa shape index (κ2) is 8.41. The van der Waals surface area contributed by atoms with E-state index in [4.69, 9.17) is 16.3 Å². The molecule has 22 heavy (non-hydrogen) atoms. The molecule has 0 radical (unpaired) electrons. The zero-order valence-electron chi connectivity index (χ0n) is 12.4. The van der Waals surface area contributed by atoms with Crippen LogP contribution in [-0.4, -0.2) is 19.6 Å². The summed E-state index contributed by atoms with van der Waals surface area (Å²) in [6.07, 6.45) is 0. The topological polar surface area (TPSA) is 50.4 Å². The Labute approximate surface area is 135 Å². The van der Waals surface area contributed by atoms with E-state index in [0.717, 1.165) is 16.9 Å². The van der Waals surface area contributed by atoms with Crippen LogP contribution in [0.3, 0.4) is 0 Å². The second-order valence-electron chi connectivity index (χ2n) is 4.78. The molecule has 0 bridgehead atoms. The molecule has 1 amide bonds. The third-order valence-electron chi connectivity index (χ3n) is 3.23. The van der Waals surface area contributed by atoms with Crippen molar-refractivity contribution in [2.75, 3.05) is 13.7 Å².